The number of allylic oxidation sites excluding steroid dienone is 2. The third kappa shape index (κ3) is 5.58. The molecule has 0 aromatic carbocycles. The molecule has 0 N–H and O–H groups in total. The van der Waals surface area contributed by atoms with Crippen LogP contribution in [0.4, 0.5) is 0 Å². The predicted molar refractivity (Wildman–Crippen MR) is 105 cm³/mol. The molecule has 3 fully saturated rings. The van der Waals surface area contributed by atoms with E-state index in [4.69, 9.17) is 21.1 Å². The second-order valence-corrected chi connectivity index (χ2v) is 8.69. The van der Waals surface area contributed by atoms with E-state index in [0.717, 1.165) is 43.8 Å². The van der Waals surface area contributed by atoms with E-state index < -0.39 is 0 Å². The second kappa shape index (κ2) is 10.1. The summed E-state index contributed by atoms with van der Waals surface area (Å²) in [4.78, 5) is 0. The average molecular weight is 367 g/mol. The molecular formula is C22H35ClO2. The summed E-state index contributed by atoms with van der Waals surface area (Å²) < 4.78 is 12.1. The Bertz CT molecular complexity index is 412. The van der Waals surface area contributed by atoms with Crippen LogP contribution in [0.25, 0.3) is 0 Å². The smallest absolute Gasteiger partial charge is 0.160 e. The fraction of sp³-hybridized carbons (Fsp3) is 0.818. The minimum atomic E-state index is 0.0607. The van der Waals surface area contributed by atoms with Gasteiger partial charge in [-0.15, -0.1) is 6.58 Å². The first-order chi connectivity index (χ1) is 12.3. The highest BCUT2D eigenvalue weighted by Gasteiger charge is 2.35. The topological polar surface area (TPSA) is 18.5 Å². The molecule has 2 saturated carbocycles. The molecule has 0 amide bonds. The van der Waals surface area contributed by atoms with Crippen molar-refractivity contribution in [2.75, 3.05) is 13.2 Å². The van der Waals surface area contributed by atoms with Crippen LogP contribution in [0.15, 0.2) is 24.3 Å². The quantitative estimate of drug-likeness (QED) is 0.513. The summed E-state index contributed by atoms with van der Waals surface area (Å²) >= 11 is 5.74. The molecule has 3 aliphatic rings. The molecule has 1 saturated heterocycles. The number of rotatable bonds is 6. The highest BCUT2D eigenvalue weighted by atomic mass is 35.5. The van der Waals surface area contributed by atoms with E-state index in [-0.39, 0.29) is 6.29 Å². The van der Waals surface area contributed by atoms with Gasteiger partial charge in [-0.2, -0.15) is 0 Å². The molecule has 0 bridgehead atoms. The van der Waals surface area contributed by atoms with Crippen molar-refractivity contribution in [3.8, 4) is 0 Å². The Balaban J connectivity index is 1.36. The Hall–Kier alpha value is -0.310. The molecule has 0 aromatic heterocycles. The van der Waals surface area contributed by atoms with Crippen LogP contribution in [-0.2, 0) is 9.47 Å². The molecule has 3 rings (SSSR count). The van der Waals surface area contributed by atoms with Gasteiger partial charge in [-0.25, -0.2) is 0 Å². The van der Waals surface area contributed by atoms with Gasteiger partial charge in [-0.1, -0.05) is 23.8 Å². The van der Waals surface area contributed by atoms with Gasteiger partial charge in [0.05, 0.1) is 13.2 Å². The molecule has 0 spiro atoms. The van der Waals surface area contributed by atoms with Crippen molar-refractivity contribution in [2.45, 2.75) is 70.5 Å². The van der Waals surface area contributed by atoms with E-state index in [1.807, 2.05) is 6.08 Å². The lowest BCUT2D eigenvalue weighted by molar-refractivity contribution is -0.230. The van der Waals surface area contributed by atoms with E-state index in [2.05, 4.69) is 12.7 Å². The standard InChI is InChI=1S/C22H35ClO2/c1-2-3-4-18-15-24-22(25-16-18)21-11-9-20(10-12-21)19-7-5-17(6-8-19)13-14-23/h2,13-14,17-22H,1,3-12,15-16H2/b14-13+/t17-,18-,19-,20?,21?,22-. The van der Waals surface area contributed by atoms with Crippen molar-refractivity contribution in [3.63, 3.8) is 0 Å². The molecule has 0 atom stereocenters. The maximum Gasteiger partial charge on any atom is 0.160 e. The SMILES string of the molecule is C=CCC[C@H]1CO[C@H](C2CCC([C@H]3CC[C@H](/C=C/Cl)CC3)CC2)OC1. The molecule has 0 aromatic rings. The van der Waals surface area contributed by atoms with Crippen molar-refractivity contribution in [1.29, 1.82) is 0 Å². The monoisotopic (exact) mass is 366 g/mol. The number of ether oxygens (including phenoxy) is 2. The molecule has 1 heterocycles. The Labute approximate surface area is 159 Å². The van der Waals surface area contributed by atoms with Crippen LogP contribution in [0, 0.1) is 29.6 Å². The fourth-order valence-electron chi connectivity index (χ4n) is 5.15. The second-order valence-electron chi connectivity index (χ2n) is 8.44. The first-order valence-corrected chi connectivity index (χ1v) is 10.8. The maximum atomic E-state index is 6.07. The third-order valence-corrected chi connectivity index (χ3v) is 6.95. The maximum absolute atomic E-state index is 6.07. The molecule has 3 heteroatoms. The van der Waals surface area contributed by atoms with E-state index in [9.17, 15) is 0 Å². The van der Waals surface area contributed by atoms with Crippen molar-refractivity contribution in [2.24, 2.45) is 29.6 Å². The van der Waals surface area contributed by atoms with Crippen molar-refractivity contribution < 1.29 is 9.47 Å². The van der Waals surface area contributed by atoms with Gasteiger partial charge < -0.3 is 9.47 Å². The van der Waals surface area contributed by atoms with Crippen LogP contribution in [0.2, 0.25) is 0 Å². The molecule has 2 nitrogen and oxygen atoms in total. The summed E-state index contributed by atoms with van der Waals surface area (Å²) in [5.41, 5.74) is 1.71. The highest BCUT2D eigenvalue weighted by Crippen LogP contribution is 2.43. The zero-order chi connectivity index (χ0) is 17.5. The van der Waals surface area contributed by atoms with Crippen LogP contribution < -0.4 is 0 Å². The van der Waals surface area contributed by atoms with Crippen molar-refractivity contribution >= 4 is 11.6 Å². The van der Waals surface area contributed by atoms with Crippen molar-refractivity contribution in [3.05, 3.63) is 24.3 Å². The summed E-state index contributed by atoms with van der Waals surface area (Å²) in [5, 5.41) is 0. The first-order valence-electron chi connectivity index (χ1n) is 10.4. The summed E-state index contributed by atoms with van der Waals surface area (Å²) in [7, 11) is 0. The molecule has 142 valence electrons. The molecular weight excluding hydrogens is 332 g/mol. The third-order valence-electron chi connectivity index (χ3n) is 6.80. The minimum absolute atomic E-state index is 0.0607. The minimum Gasteiger partial charge on any atom is -0.352 e. The van der Waals surface area contributed by atoms with Crippen LogP contribution in [0.3, 0.4) is 0 Å². The predicted octanol–water partition coefficient (Wildman–Crippen LogP) is 6.31. The number of hydrogen-bond donors (Lipinski definition) is 0. The van der Waals surface area contributed by atoms with E-state index in [0.29, 0.717) is 11.8 Å². The van der Waals surface area contributed by atoms with Gasteiger partial charge in [-0.05, 0) is 82.0 Å². The van der Waals surface area contributed by atoms with Gasteiger partial charge in [0, 0.05) is 17.4 Å². The van der Waals surface area contributed by atoms with Gasteiger partial charge in [0.1, 0.15) is 0 Å². The summed E-state index contributed by atoms with van der Waals surface area (Å²) in [5.74, 6) is 3.77. The Morgan fingerprint density at radius 3 is 1.96 bits per heavy atom. The van der Waals surface area contributed by atoms with Crippen LogP contribution in [0.5, 0.6) is 0 Å². The number of hydrogen-bond acceptors (Lipinski definition) is 2. The summed E-state index contributed by atoms with van der Waals surface area (Å²) in [6.07, 6.45) is 17.2. The zero-order valence-electron chi connectivity index (χ0n) is 15.6. The van der Waals surface area contributed by atoms with Gasteiger partial charge in [0.15, 0.2) is 6.29 Å². The molecule has 0 unspecified atom stereocenters. The molecule has 1 aliphatic heterocycles. The molecule has 2 aliphatic carbocycles. The van der Waals surface area contributed by atoms with E-state index >= 15 is 0 Å². The average Bonchev–Trinajstić information content (AvgIpc) is 2.68. The zero-order valence-corrected chi connectivity index (χ0v) is 16.3. The normalized spacial score (nSPS) is 40.2. The van der Waals surface area contributed by atoms with Crippen LogP contribution in [-0.4, -0.2) is 19.5 Å². The Morgan fingerprint density at radius 2 is 1.40 bits per heavy atom. The first kappa shape index (κ1) is 19.5. The van der Waals surface area contributed by atoms with Crippen LogP contribution in [0.1, 0.15) is 64.2 Å². The van der Waals surface area contributed by atoms with E-state index in [1.54, 1.807) is 5.54 Å². The summed E-state index contributed by atoms with van der Waals surface area (Å²) in [6, 6.07) is 0. The Kier molecular flexibility index (Phi) is 7.89. The lowest BCUT2D eigenvalue weighted by Crippen LogP contribution is -2.39. The molecule has 25 heavy (non-hydrogen) atoms. The van der Waals surface area contributed by atoms with Crippen molar-refractivity contribution in [1.82, 2.24) is 0 Å². The van der Waals surface area contributed by atoms with E-state index in [1.165, 1.54) is 51.4 Å². The van der Waals surface area contributed by atoms with Gasteiger partial charge in [0.2, 0.25) is 0 Å². The highest BCUT2D eigenvalue weighted by molar-refractivity contribution is 6.25. The van der Waals surface area contributed by atoms with Gasteiger partial charge in [-0.3, -0.25) is 0 Å². The van der Waals surface area contributed by atoms with Gasteiger partial charge in [0.25, 0.3) is 0 Å². The summed E-state index contributed by atoms with van der Waals surface area (Å²) in [6.45, 7) is 5.54. The lowest BCUT2D eigenvalue weighted by atomic mass is 9.69. The lowest BCUT2D eigenvalue weighted by Gasteiger charge is -2.40. The van der Waals surface area contributed by atoms with Crippen LogP contribution >= 0.6 is 11.6 Å². The Morgan fingerprint density at radius 1 is 0.840 bits per heavy atom. The van der Waals surface area contributed by atoms with Gasteiger partial charge >= 0.3 is 0 Å². The number of halogens is 1. The largest absolute Gasteiger partial charge is 0.352 e. The fourth-order valence-corrected chi connectivity index (χ4v) is 5.36. The molecule has 0 radical (unpaired) electrons.